The van der Waals surface area contributed by atoms with Crippen molar-refractivity contribution in [3.8, 4) is 22.9 Å². The maximum atomic E-state index is 6.32. The summed E-state index contributed by atoms with van der Waals surface area (Å²) in [6.07, 6.45) is 3.75. The molecule has 4 nitrogen and oxygen atoms in total. The maximum Gasteiger partial charge on any atom is 0.219 e. The minimum absolute atomic E-state index is 0.554. The molecular weight excluding hydrogens is 599 g/mol. The van der Waals surface area contributed by atoms with Crippen LogP contribution < -0.4 is 4.74 Å². The molecular formula is C45H31N3O. The second kappa shape index (κ2) is 11.9. The molecule has 0 aliphatic heterocycles. The second-order valence-electron chi connectivity index (χ2n) is 12.2. The first-order chi connectivity index (χ1) is 24.3. The zero-order valence-corrected chi connectivity index (χ0v) is 26.6. The van der Waals surface area contributed by atoms with Crippen molar-refractivity contribution in [1.82, 2.24) is 14.4 Å². The van der Waals surface area contributed by atoms with Gasteiger partial charge in [0.15, 0.2) is 0 Å². The van der Waals surface area contributed by atoms with Crippen LogP contribution >= 0.6 is 0 Å². The summed E-state index contributed by atoms with van der Waals surface area (Å²) in [5, 5.41) is 3.44. The predicted molar refractivity (Wildman–Crippen MR) is 198 cm³/mol. The molecule has 0 saturated heterocycles. The van der Waals surface area contributed by atoms with E-state index < -0.39 is 5.41 Å². The third-order valence-corrected chi connectivity index (χ3v) is 9.50. The number of pyridine rings is 2. The average Bonchev–Trinajstić information content (AvgIpc) is 3.63. The van der Waals surface area contributed by atoms with Gasteiger partial charge in [0.2, 0.25) is 5.88 Å². The minimum Gasteiger partial charge on any atom is -0.439 e. The molecule has 3 heterocycles. The van der Waals surface area contributed by atoms with E-state index in [4.69, 9.17) is 9.72 Å². The Kier molecular flexibility index (Phi) is 6.98. The van der Waals surface area contributed by atoms with Crippen LogP contribution in [-0.4, -0.2) is 14.4 Å². The SMILES string of the molecule is c1ccc(-c2cnc3c4cc(C(c5ccccc5)(c5ccccc5)c5cccc(Oc6ccccn6)c5)ccc4c4ccccc4n23)cc1. The van der Waals surface area contributed by atoms with Crippen LogP contribution in [0.2, 0.25) is 0 Å². The van der Waals surface area contributed by atoms with E-state index in [1.165, 1.54) is 10.8 Å². The van der Waals surface area contributed by atoms with Gasteiger partial charge in [-0.3, -0.25) is 4.40 Å². The third kappa shape index (κ3) is 4.77. The summed E-state index contributed by atoms with van der Waals surface area (Å²) < 4.78 is 8.63. The standard InChI is InChI=1S/C45H31N3O/c1-4-15-32(16-5-1)42-31-47-44-40-30-36(26-27-38(40)39-23-10-11-24-41(39)48(42)44)45(33-17-6-2-7-18-33,34-19-8-3-9-20-34)35-21-14-22-37(29-35)49-43-25-12-13-28-46-43/h1-31H. The number of fused-ring (bicyclic) bond motifs is 6. The Morgan fingerprint density at radius 3 is 1.86 bits per heavy atom. The van der Waals surface area contributed by atoms with Gasteiger partial charge in [-0.05, 0) is 58.0 Å². The highest BCUT2D eigenvalue weighted by Crippen LogP contribution is 2.47. The summed E-state index contributed by atoms with van der Waals surface area (Å²) in [4.78, 5) is 9.53. The van der Waals surface area contributed by atoms with Crippen molar-refractivity contribution in [3.05, 3.63) is 211 Å². The molecule has 232 valence electrons. The van der Waals surface area contributed by atoms with Gasteiger partial charge in [-0.1, -0.05) is 140 Å². The number of ether oxygens (including phenoxy) is 1. The fourth-order valence-corrected chi connectivity index (χ4v) is 7.39. The van der Waals surface area contributed by atoms with Crippen LogP contribution in [0.25, 0.3) is 38.6 Å². The Morgan fingerprint density at radius 2 is 1.12 bits per heavy atom. The summed E-state index contributed by atoms with van der Waals surface area (Å²) in [6, 6.07) is 61.7. The van der Waals surface area contributed by atoms with Crippen LogP contribution in [0, 0.1) is 0 Å². The number of para-hydroxylation sites is 1. The summed E-state index contributed by atoms with van der Waals surface area (Å²) in [5.41, 5.74) is 8.09. The van der Waals surface area contributed by atoms with Crippen molar-refractivity contribution in [2.24, 2.45) is 0 Å². The highest BCUT2D eigenvalue weighted by atomic mass is 16.5. The lowest BCUT2D eigenvalue weighted by atomic mass is 9.65. The van der Waals surface area contributed by atoms with Crippen LogP contribution in [0.4, 0.5) is 0 Å². The zero-order valence-electron chi connectivity index (χ0n) is 26.6. The molecule has 0 N–H and O–H groups in total. The largest absolute Gasteiger partial charge is 0.439 e. The van der Waals surface area contributed by atoms with Crippen molar-refractivity contribution >= 4 is 27.3 Å². The fourth-order valence-electron chi connectivity index (χ4n) is 7.39. The van der Waals surface area contributed by atoms with Gasteiger partial charge in [-0.25, -0.2) is 9.97 Å². The first-order valence-electron chi connectivity index (χ1n) is 16.5. The highest BCUT2D eigenvalue weighted by Gasteiger charge is 2.39. The lowest BCUT2D eigenvalue weighted by Crippen LogP contribution is -2.31. The van der Waals surface area contributed by atoms with Crippen molar-refractivity contribution in [2.45, 2.75) is 5.41 Å². The molecule has 4 heteroatoms. The van der Waals surface area contributed by atoms with Crippen molar-refractivity contribution in [3.63, 3.8) is 0 Å². The maximum absolute atomic E-state index is 6.32. The Labute approximate surface area is 284 Å². The lowest BCUT2D eigenvalue weighted by Gasteiger charge is -2.37. The first-order valence-corrected chi connectivity index (χ1v) is 16.5. The Morgan fingerprint density at radius 1 is 0.469 bits per heavy atom. The van der Waals surface area contributed by atoms with Crippen LogP contribution in [0.1, 0.15) is 22.3 Å². The lowest BCUT2D eigenvalue weighted by molar-refractivity contribution is 0.461. The summed E-state index contributed by atoms with van der Waals surface area (Å²) in [6.45, 7) is 0. The molecule has 0 radical (unpaired) electrons. The molecule has 0 spiro atoms. The van der Waals surface area contributed by atoms with E-state index in [2.05, 4.69) is 161 Å². The molecule has 9 aromatic rings. The van der Waals surface area contributed by atoms with Gasteiger partial charge in [-0.2, -0.15) is 0 Å². The predicted octanol–water partition coefficient (Wildman–Crippen LogP) is 10.9. The van der Waals surface area contributed by atoms with E-state index in [0.29, 0.717) is 5.88 Å². The zero-order chi connectivity index (χ0) is 32.6. The van der Waals surface area contributed by atoms with E-state index in [0.717, 1.165) is 55.8 Å². The van der Waals surface area contributed by atoms with Gasteiger partial charge in [0.1, 0.15) is 11.4 Å². The number of aromatic nitrogens is 3. The molecule has 49 heavy (non-hydrogen) atoms. The summed E-state index contributed by atoms with van der Waals surface area (Å²) in [5.74, 6) is 1.28. The molecule has 0 unspecified atom stereocenters. The topological polar surface area (TPSA) is 39.4 Å². The van der Waals surface area contributed by atoms with Gasteiger partial charge in [-0.15, -0.1) is 0 Å². The molecule has 0 bridgehead atoms. The number of nitrogens with zero attached hydrogens (tertiary/aromatic N) is 3. The Balaban J connectivity index is 1.37. The van der Waals surface area contributed by atoms with Crippen molar-refractivity contribution < 1.29 is 4.74 Å². The highest BCUT2D eigenvalue weighted by molar-refractivity contribution is 6.12. The van der Waals surface area contributed by atoms with E-state index in [1.807, 2.05) is 30.5 Å². The number of imidazole rings is 1. The monoisotopic (exact) mass is 629 g/mol. The molecule has 9 rings (SSSR count). The van der Waals surface area contributed by atoms with Crippen LogP contribution in [0.15, 0.2) is 188 Å². The molecule has 0 aliphatic rings. The second-order valence-corrected chi connectivity index (χ2v) is 12.2. The number of hydrogen-bond acceptors (Lipinski definition) is 3. The number of hydrogen-bond donors (Lipinski definition) is 0. The minimum atomic E-state index is -0.683. The van der Waals surface area contributed by atoms with E-state index in [-0.39, 0.29) is 0 Å². The smallest absolute Gasteiger partial charge is 0.219 e. The van der Waals surface area contributed by atoms with Crippen LogP contribution in [0.5, 0.6) is 11.6 Å². The normalized spacial score (nSPS) is 11.7. The van der Waals surface area contributed by atoms with Gasteiger partial charge in [0, 0.05) is 28.6 Å². The van der Waals surface area contributed by atoms with Crippen molar-refractivity contribution in [2.75, 3.05) is 0 Å². The summed E-state index contributed by atoms with van der Waals surface area (Å²) in [7, 11) is 0. The van der Waals surface area contributed by atoms with Crippen LogP contribution in [0.3, 0.4) is 0 Å². The van der Waals surface area contributed by atoms with Crippen LogP contribution in [-0.2, 0) is 5.41 Å². The molecule has 0 atom stereocenters. The molecule has 3 aromatic heterocycles. The van der Waals surface area contributed by atoms with Crippen molar-refractivity contribution in [1.29, 1.82) is 0 Å². The van der Waals surface area contributed by atoms with Gasteiger partial charge < -0.3 is 4.74 Å². The Bertz CT molecular complexity index is 2520. The average molecular weight is 630 g/mol. The number of benzene rings is 6. The first kappa shape index (κ1) is 28.7. The van der Waals surface area contributed by atoms with Gasteiger partial charge >= 0.3 is 0 Å². The molecule has 0 fully saturated rings. The van der Waals surface area contributed by atoms with Gasteiger partial charge in [0.05, 0.1) is 22.8 Å². The molecule has 6 aromatic carbocycles. The molecule has 0 saturated carbocycles. The van der Waals surface area contributed by atoms with E-state index in [1.54, 1.807) is 6.20 Å². The van der Waals surface area contributed by atoms with Gasteiger partial charge in [0.25, 0.3) is 0 Å². The van der Waals surface area contributed by atoms with E-state index in [9.17, 15) is 0 Å². The number of rotatable bonds is 7. The fraction of sp³-hybridized carbons (Fsp3) is 0.0222. The quantitative estimate of drug-likeness (QED) is 0.130. The molecule has 0 aliphatic carbocycles. The Hall–Kier alpha value is -6.52. The van der Waals surface area contributed by atoms with E-state index >= 15 is 0 Å². The molecule has 0 amide bonds. The summed E-state index contributed by atoms with van der Waals surface area (Å²) >= 11 is 0. The third-order valence-electron chi connectivity index (χ3n) is 9.50.